The highest BCUT2D eigenvalue weighted by atomic mass is 19.1. The van der Waals surface area contributed by atoms with Gasteiger partial charge in [-0.05, 0) is 44.2 Å². The topological polar surface area (TPSA) is 41.5 Å². The molecule has 2 atom stereocenters. The van der Waals surface area contributed by atoms with Gasteiger partial charge in [0.25, 0.3) is 0 Å². The summed E-state index contributed by atoms with van der Waals surface area (Å²) in [6, 6.07) is 10.9. The van der Waals surface area contributed by atoms with Crippen LogP contribution in [0, 0.1) is 19.7 Å². The van der Waals surface area contributed by atoms with E-state index in [-0.39, 0.29) is 5.82 Å². The molecule has 2 aromatic carbocycles. The number of likely N-dealkylation sites (N-methyl/N-ethyl adjacent to an activating group) is 1. The maximum absolute atomic E-state index is 13.8. The maximum Gasteiger partial charge on any atom is 0.154 e. The van der Waals surface area contributed by atoms with Gasteiger partial charge in [0.2, 0.25) is 0 Å². The van der Waals surface area contributed by atoms with Gasteiger partial charge in [0.05, 0.1) is 0 Å². The minimum atomic E-state index is -1.05. The summed E-state index contributed by atoms with van der Waals surface area (Å²) in [5, 5.41) is 14.1. The first-order valence-electron chi connectivity index (χ1n) is 7.83. The summed E-state index contributed by atoms with van der Waals surface area (Å²) < 4.78 is 19.9. The van der Waals surface area contributed by atoms with Crippen molar-refractivity contribution in [3.8, 4) is 5.75 Å². The van der Waals surface area contributed by atoms with Gasteiger partial charge in [0, 0.05) is 18.5 Å². The summed E-state index contributed by atoms with van der Waals surface area (Å²) in [6.07, 6.45) is -0.00647. The number of hydrogen-bond acceptors (Lipinski definition) is 3. The number of aliphatic hydroxyl groups is 1. The third kappa shape index (κ3) is 2.84. The first kappa shape index (κ1) is 16.0. The highest BCUT2D eigenvalue weighted by Crippen LogP contribution is 2.43. The summed E-state index contributed by atoms with van der Waals surface area (Å²) in [4.78, 5) is 0. The molecule has 0 heterocycles. The minimum absolute atomic E-state index is 0.304. The average Bonchev–Trinajstić information content (AvgIpc) is 2.76. The molecular weight excluding hydrogens is 293 g/mol. The largest absolute Gasteiger partial charge is 0.482 e. The van der Waals surface area contributed by atoms with E-state index in [1.807, 2.05) is 25.1 Å². The van der Waals surface area contributed by atoms with E-state index in [0.717, 1.165) is 16.7 Å². The summed E-state index contributed by atoms with van der Waals surface area (Å²) >= 11 is 0. The van der Waals surface area contributed by atoms with E-state index >= 15 is 0 Å². The standard InChI is InChI=1S/C19H22FNO2/c1-12-7-8-14-10-19(22,11-21-3)18(15(14)9-12)23-17-6-4-5-16(20)13(17)2/h4-9,18,21-22H,10-11H2,1-3H3. The molecule has 0 saturated heterocycles. The highest BCUT2D eigenvalue weighted by molar-refractivity contribution is 5.43. The van der Waals surface area contributed by atoms with Gasteiger partial charge in [-0.3, -0.25) is 0 Å². The van der Waals surface area contributed by atoms with E-state index in [1.165, 1.54) is 6.07 Å². The normalized spacial score (nSPS) is 22.9. The molecule has 3 rings (SSSR count). The Bertz CT molecular complexity index is 731. The predicted octanol–water partition coefficient (Wildman–Crippen LogP) is 3.07. The van der Waals surface area contributed by atoms with E-state index in [2.05, 4.69) is 5.32 Å². The van der Waals surface area contributed by atoms with Crippen LogP contribution >= 0.6 is 0 Å². The number of nitrogens with one attached hydrogen (secondary N) is 1. The molecule has 122 valence electrons. The van der Waals surface area contributed by atoms with Crippen molar-refractivity contribution in [3.63, 3.8) is 0 Å². The maximum atomic E-state index is 13.8. The van der Waals surface area contributed by atoms with Gasteiger partial charge in [-0.25, -0.2) is 4.39 Å². The fourth-order valence-electron chi connectivity index (χ4n) is 3.31. The van der Waals surface area contributed by atoms with Crippen LogP contribution < -0.4 is 10.1 Å². The molecule has 0 radical (unpaired) electrons. The molecule has 3 nitrogen and oxygen atoms in total. The SMILES string of the molecule is CNCC1(O)Cc2ccc(C)cc2C1Oc1cccc(F)c1C. The van der Waals surface area contributed by atoms with Gasteiger partial charge in [0.15, 0.2) is 6.10 Å². The van der Waals surface area contributed by atoms with Crippen LogP contribution in [0.25, 0.3) is 0 Å². The molecule has 1 aliphatic rings. The Kier molecular flexibility index (Phi) is 4.13. The van der Waals surface area contributed by atoms with E-state index in [1.54, 1.807) is 26.1 Å². The Morgan fingerprint density at radius 1 is 1.30 bits per heavy atom. The van der Waals surface area contributed by atoms with Crippen molar-refractivity contribution in [1.29, 1.82) is 0 Å². The van der Waals surface area contributed by atoms with Gasteiger partial charge < -0.3 is 15.2 Å². The van der Waals surface area contributed by atoms with Gasteiger partial charge in [-0.1, -0.05) is 29.8 Å². The van der Waals surface area contributed by atoms with Crippen molar-refractivity contribution >= 4 is 0 Å². The summed E-state index contributed by atoms with van der Waals surface area (Å²) in [5.41, 5.74) is 2.57. The smallest absolute Gasteiger partial charge is 0.154 e. The molecule has 0 fully saturated rings. The zero-order valence-electron chi connectivity index (χ0n) is 13.7. The zero-order valence-corrected chi connectivity index (χ0v) is 13.7. The van der Waals surface area contributed by atoms with E-state index in [0.29, 0.717) is 24.3 Å². The Morgan fingerprint density at radius 2 is 2.09 bits per heavy atom. The van der Waals surface area contributed by atoms with Gasteiger partial charge in [-0.2, -0.15) is 0 Å². The molecule has 2 unspecified atom stereocenters. The number of benzene rings is 2. The van der Waals surface area contributed by atoms with Crippen molar-refractivity contribution in [2.45, 2.75) is 32.0 Å². The van der Waals surface area contributed by atoms with Gasteiger partial charge in [0.1, 0.15) is 17.2 Å². The van der Waals surface area contributed by atoms with Crippen molar-refractivity contribution in [1.82, 2.24) is 5.32 Å². The number of ether oxygens (including phenoxy) is 1. The Balaban J connectivity index is 2.03. The minimum Gasteiger partial charge on any atom is -0.482 e. The number of halogens is 1. The quantitative estimate of drug-likeness (QED) is 0.911. The van der Waals surface area contributed by atoms with Crippen molar-refractivity contribution < 1.29 is 14.2 Å². The van der Waals surface area contributed by atoms with Crippen molar-refractivity contribution in [2.75, 3.05) is 13.6 Å². The lowest BCUT2D eigenvalue weighted by atomic mass is 9.97. The lowest BCUT2D eigenvalue weighted by Crippen LogP contribution is -2.45. The first-order chi connectivity index (χ1) is 10.9. The number of fused-ring (bicyclic) bond motifs is 1. The van der Waals surface area contributed by atoms with Gasteiger partial charge >= 0.3 is 0 Å². The third-order valence-electron chi connectivity index (χ3n) is 4.51. The number of rotatable bonds is 4. The molecule has 0 aromatic heterocycles. The van der Waals surface area contributed by atoms with Crippen LogP contribution in [0.2, 0.25) is 0 Å². The predicted molar refractivity (Wildman–Crippen MR) is 88.3 cm³/mol. The summed E-state index contributed by atoms with van der Waals surface area (Å²) in [6.45, 7) is 4.11. The molecular formula is C19H22FNO2. The van der Waals surface area contributed by atoms with Crippen LogP contribution in [-0.2, 0) is 6.42 Å². The molecule has 23 heavy (non-hydrogen) atoms. The zero-order chi connectivity index (χ0) is 16.6. The average molecular weight is 315 g/mol. The molecule has 2 N–H and O–H groups in total. The van der Waals surface area contributed by atoms with E-state index in [4.69, 9.17) is 4.74 Å². The van der Waals surface area contributed by atoms with E-state index in [9.17, 15) is 9.50 Å². The Morgan fingerprint density at radius 3 is 2.83 bits per heavy atom. The van der Waals surface area contributed by atoms with Crippen LogP contribution in [0.1, 0.15) is 28.4 Å². The monoisotopic (exact) mass is 315 g/mol. The molecule has 0 spiro atoms. The lowest BCUT2D eigenvalue weighted by molar-refractivity contribution is -0.0488. The first-order valence-corrected chi connectivity index (χ1v) is 7.83. The highest BCUT2D eigenvalue weighted by Gasteiger charge is 2.46. The molecule has 2 aromatic rings. The Labute approximate surface area is 136 Å². The fraction of sp³-hybridized carbons (Fsp3) is 0.368. The Hall–Kier alpha value is -1.91. The summed E-state index contributed by atoms with van der Waals surface area (Å²) in [5.74, 6) is 0.168. The second kappa shape index (κ2) is 5.95. The molecule has 0 bridgehead atoms. The second-order valence-electron chi connectivity index (χ2n) is 6.37. The molecule has 0 aliphatic heterocycles. The van der Waals surface area contributed by atoms with Crippen LogP contribution in [0.15, 0.2) is 36.4 Å². The van der Waals surface area contributed by atoms with Crippen molar-refractivity contribution in [3.05, 3.63) is 64.5 Å². The second-order valence-corrected chi connectivity index (χ2v) is 6.37. The molecule has 4 heteroatoms. The van der Waals surface area contributed by atoms with Crippen LogP contribution in [0.4, 0.5) is 4.39 Å². The van der Waals surface area contributed by atoms with Crippen LogP contribution in [0.3, 0.4) is 0 Å². The third-order valence-corrected chi connectivity index (χ3v) is 4.51. The van der Waals surface area contributed by atoms with Crippen LogP contribution in [0.5, 0.6) is 5.75 Å². The summed E-state index contributed by atoms with van der Waals surface area (Å²) in [7, 11) is 1.80. The van der Waals surface area contributed by atoms with Crippen LogP contribution in [-0.4, -0.2) is 24.3 Å². The molecule has 0 saturated carbocycles. The number of aryl methyl sites for hydroxylation is 1. The number of hydrogen-bond donors (Lipinski definition) is 2. The lowest BCUT2D eigenvalue weighted by Gasteiger charge is -2.31. The van der Waals surface area contributed by atoms with E-state index < -0.39 is 11.7 Å². The molecule has 1 aliphatic carbocycles. The van der Waals surface area contributed by atoms with Gasteiger partial charge in [-0.15, -0.1) is 0 Å². The molecule has 0 amide bonds. The van der Waals surface area contributed by atoms with Crippen molar-refractivity contribution in [2.24, 2.45) is 0 Å². The fourth-order valence-corrected chi connectivity index (χ4v) is 3.31.